The third kappa shape index (κ3) is 2.57. The summed E-state index contributed by atoms with van der Waals surface area (Å²) in [4.78, 5) is 0. The van der Waals surface area contributed by atoms with Crippen LogP contribution in [0.4, 0.5) is 4.39 Å². The van der Waals surface area contributed by atoms with Crippen molar-refractivity contribution in [2.24, 2.45) is 0 Å². The number of halogens is 1. The van der Waals surface area contributed by atoms with Crippen molar-refractivity contribution in [1.82, 2.24) is 0 Å². The van der Waals surface area contributed by atoms with E-state index in [9.17, 15) is 4.39 Å². The van der Waals surface area contributed by atoms with Crippen LogP contribution < -0.4 is 0 Å². The molecule has 14 heavy (non-hydrogen) atoms. The summed E-state index contributed by atoms with van der Waals surface area (Å²) in [5.74, 6) is -0.0754. The molecule has 0 atom stereocenters. The fraction of sp³-hybridized carbons (Fsp3) is 0.538. The molecular weight excluding hydrogens is 175 g/mol. The normalized spacial score (nSPS) is 11.7. The monoisotopic (exact) mass is 194 g/mol. The first-order valence-corrected chi connectivity index (χ1v) is 5.33. The van der Waals surface area contributed by atoms with E-state index in [1.54, 1.807) is 12.1 Å². The Morgan fingerprint density at radius 1 is 1.21 bits per heavy atom. The van der Waals surface area contributed by atoms with E-state index in [2.05, 4.69) is 20.8 Å². The number of rotatable bonds is 4. The lowest BCUT2D eigenvalue weighted by Gasteiger charge is -2.25. The molecule has 0 fully saturated rings. The van der Waals surface area contributed by atoms with Gasteiger partial charge in [-0.15, -0.1) is 0 Å². The number of unbranched alkanes of at least 4 members (excludes halogenated alkanes) is 1. The molecule has 1 aromatic rings. The molecule has 0 aromatic heterocycles. The van der Waals surface area contributed by atoms with Crippen LogP contribution in [0, 0.1) is 5.82 Å². The molecule has 0 amide bonds. The van der Waals surface area contributed by atoms with Crippen LogP contribution in [-0.2, 0) is 5.41 Å². The Hall–Kier alpha value is -0.850. The third-order valence-corrected chi connectivity index (χ3v) is 2.76. The van der Waals surface area contributed by atoms with Crippen molar-refractivity contribution in [2.75, 3.05) is 0 Å². The van der Waals surface area contributed by atoms with Crippen molar-refractivity contribution in [1.29, 1.82) is 0 Å². The summed E-state index contributed by atoms with van der Waals surface area (Å²) >= 11 is 0. The molecule has 0 aliphatic rings. The number of hydrogen-bond donors (Lipinski definition) is 0. The lowest BCUT2D eigenvalue weighted by atomic mass is 9.80. The molecule has 0 heterocycles. The topological polar surface area (TPSA) is 0 Å². The summed E-state index contributed by atoms with van der Waals surface area (Å²) in [5, 5.41) is 0. The van der Waals surface area contributed by atoms with Gasteiger partial charge in [0.15, 0.2) is 0 Å². The molecular formula is C13H19F. The maximum absolute atomic E-state index is 13.5. The summed E-state index contributed by atoms with van der Waals surface area (Å²) in [6.45, 7) is 6.39. The van der Waals surface area contributed by atoms with Gasteiger partial charge in [-0.25, -0.2) is 4.39 Å². The molecule has 1 aromatic carbocycles. The SMILES string of the molecule is CCCCC(C)(C)c1ccccc1F. The fourth-order valence-electron chi connectivity index (χ4n) is 1.76. The van der Waals surface area contributed by atoms with Crippen LogP contribution in [0.1, 0.15) is 45.6 Å². The maximum atomic E-state index is 13.5. The van der Waals surface area contributed by atoms with Crippen LogP contribution in [0.25, 0.3) is 0 Å². The minimum atomic E-state index is -0.0754. The average molecular weight is 194 g/mol. The molecule has 0 bridgehead atoms. The van der Waals surface area contributed by atoms with Gasteiger partial charge >= 0.3 is 0 Å². The highest BCUT2D eigenvalue weighted by Gasteiger charge is 2.22. The second kappa shape index (κ2) is 4.59. The van der Waals surface area contributed by atoms with Crippen molar-refractivity contribution < 1.29 is 4.39 Å². The summed E-state index contributed by atoms with van der Waals surface area (Å²) in [5.41, 5.74) is 0.801. The molecule has 0 saturated carbocycles. The standard InChI is InChI=1S/C13H19F/c1-4-5-10-13(2,3)11-8-6-7-9-12(11)14/h6-9H,4-5,10H2,1-3H3. The van der Waals surface area contributed by atoms with Crippen LogP contribution in [0.15, 0.2) is 24.3 Å². The van der Waals surface area contributed by atoms with Gasteiger partial charge in [0.2, 0.25) is 0 Å². The van der Waals surface area contributed by atoms with Crippen molar-refractivity contribution in [2.45, 2.75) is 45.4 Å². The van der Waals surface area contributed by atoms with Crippen LogP contribution in [0.2, 0.25) is 0 Å². The molecule has 0 aliphatic heterocycles. The smallest absolute Gasteiger partial charge is 0.126 e. The molecule has 0 aliphatic carbocycles. The molecule has 0 unspecified atom stereocenters. The molecule has 1 heteroatoms. The van der Waals surface area contributed by atoms with E-state index < -0.39 is 0 Å². The lowest BCUT2D eigenvalue weighted by molar-refractivity contribution is 0.433. The quantitative estimate of drug-likeness (QED) is 0.670. The van der Waals surface area contributed by atoms with Gasteiger partial charge in [-0.3, -0.25) is 0 Å². The van der Waals surface area contributed by atoms with Crippen molar-refractivity contribution in [3.05, 3.63) is 35.6 Å². The van der Waals surface area contributed by atoms with E-state index in [0.717, 1.165) is 24.8 Å². The minimum absolute atomic E-state index is 0.0403. The third-order valence-electron chi connectivity index (χ3n) is 2.76. The zero-order chi connectivity index (χ0) is 10.6. The van der Waals surface area contributed by atoms with E-state index in [-0.39, 0.29) is 11.2 Å². The highest BCUT2D eigenvalue weighted by molar-refractivity contribution is 5.25. The first kappa shape index (κ1) is 11.2. The van der Waals surface area contributed by atoms with Gasteiger partial charge in [-0.1, -0.05) is 51.8 Å². The predicted octanol–water partition coefficient (Wildman–Crippen LogP) is 4.29. The van der Waals surface area contributed by atoms with Gasteiger partial charge in [0.05, 0.1) is 0 Å². The van der Waals surface area contributed by atoms with E-state index in [1.165, 1.54) is 0 Å². The Labute approximate surface area is 86.2 Å². The highest BCUT2D eigenvalue weighted by Crippen LogP contribution is 2.30. The first-order valence-electron chi connectivity index (χ1n) is 5.33. The van der Waals surface area contributed by atoms with Gasteiger partial charge in [0.25, 0.3) is 0 Å². The predicted molar refractivity (Wildman–Crippen MR) is 59.0 cm³/mol. The Bertz CT molecular complexity index is 289. The van der Waals surface area contributed by atoms with E-state index in [4.69, 9.17) is 0 Å². The van der Waals surface area contributed by atoms with Gasteiger partial charge in [0, 0.05) is 0 Å². The second-order valence-corrected chi connectivity index (χ2v) is 4.47. The Balaban J connectivity index is 2.86. The van der Waals surface area contributed by atoms with Crippen molar-refractivity contribution >= 4 is 0 Å². The molecule has 1 rings (SSSR count). The number of benzene rings is 1. The van der Waals surface area contributed by atoms with Crippen molar-refractivity contribution in [3.63, 3.8) is 0 Å². The van der Waals surface area contributed by atoms with E-state index in [1.807, 2.05) is 12.1 Å². The maximum Gasteiger partial charge on any atom is 0.126 e. The summed E-state index contributed by atoms with van der Waals surface area (Å²) in [7, 11) is 0. The van der Waals surface area contributed by atoms with Crippen LogP contribution in [0.3, 0.4) is 0 Å². The largest absolute Gasteiger partial charge is 0.207 e. The van der Waals surface area contributed by atoms with Gasteiger partial charge < -0.3 is 0 Å². The Morgan fingerprint density at radius 2 is 1.86 bits per heavy atom. The average Bonchev–Trinajstić information content (AvgIpc) is 2.15. The fourth-order valence-corrected chi connectivity index (χ4v) is 1.76. The molecule has 0 saturated heterocycles. The minimum Gasteiger partial charge on any atom is -0.207 e. The zero-order valence-corrected chi connectivity index (χ0v) is 9.31. The molecule has 0 N–H and O–H groups in total. The van der Waals surface area contributed by atoms with Crippen LogP contribution in [0.5, 0.6) is 0 Å². The molecule has 78 valence electrons. The summed E-state index contributed by atoms with van der Waals surface area (Å²) in [6, 6.07) is 7.09. The van der Waals surface area contributed by atoms with E-state index >= 15 is 0 Å². The lowest BCUT2D eigenvalue weighted by Crippen LogP contribution is -2.18. The molecule has 0 spiro atoms. The summed E-state index contributed by atoms with van der Waals surface area (Å²) < 4.78 is 13.5. The van der Waals surface area contributed by atoms with E-state index in [0.29, 0.717) is 0 Å². The van der Waals surface area contributed by atoms with Gasteiger partial charge in [0.1, 0.15) is 5.82 Å². The molecule has 0 nitrogen and oxygen atoms in total. The van der Waals surface area contributed by atoms with Crippen molar-refractivity contribution in [3.8, 4) is 0 Å². The zero-order valence-electron chi connectivity index (χ0n) is 9.31. The molecule has 0 radical (unpaired) electrons. The van der Waals surface area contributed by atoms with Gasteiger partial charge in [-0.2, -0.15) is 0 Å². The Kier molecular flexibility index (Phi) is 3.68. The highest BCUT2D eigenvalue weighted by atomic mass is 19.1. The number of hydrogen-bond acceptors (Lipinski definition) is 0. The first-order chi connectivity index (χ1) is 6.58. The van der Waals surface area contributed by atoms with Crippen LogP contribution >= 0.6 is 0 Å². The van der Waals surface area contributed by atoms with Gasteiger partial charge in [-0.05, 0) is 23.5 Å². The summed E-state index contributed by atoms with van der Waals surface area (Å²) in [6.07, 6.45) is 3.36. The van der Waals surface area contributed by atoms with Crippen LogP contribution in [-0.4, -0.2) is 0 Å². The second-order valence-electron chi connectivity index (χ2n) is 4.47. The Morgan fingerprint density at radius 3 is 2.43 bits per heavy atom.